The maximum absolute atomic E-state index is 13.3. The SMILES string of the molecule is COc1ccc(C(=O)N2CCOC(CN(CCN(C)C)C(=O)c3ccc(F)cc3)C2)cc1. The zero-order valence-corrected chi connectivity index (χ0v) is 18.8. The van der Waals surface area contributed by atoms with Crippen LogP contribution in [-0.4, -0.2) is 93.2 Å². The van der Waals surface area contributed by atoms with Crippen molar-refractivity contribution in [2.75, 3.05) is 60.5 Å². The van der Waals surface area contributed by atoms with Gasteiger partial charge in [0.25, 0.3) is 11.8 Å². The molecule has 1 unspecified atom stereocenters. The number of rotatable bonds is 8. The molecule has 1 saturated heterocycles. The van der Waals surface area contributed by atoms with Crippen LogP contribution in [0.25, 0.3) is 0 Å². The normalized spacial score (nSPS) is 16.2. The van der Waals surface area contributed by atoms with E-state index in [-0.39, 0.29) is 23.7 Å². The minimum atomic E-state index is -0.385. The van der Waals surface area contributed by atoms with Crippen LogP contribution < -0.4 is 4.74 Å². The standard InChI is InChI=1S/C24H30FN3O4/c1-26(2)12-13-27(23(29)18-4-8-20(25)9-5-18)16-22-17-28(14-15-32-22)24(30)19-6-10-21(31-3)11-7-19/h4-11,22H,12-17H2,1-3H3. The van der Waals surface area contributed by atoms with Gasteiger partial charge in [-0.25, -0.2) is 4.39 Å². The lowest BCUT2D eigenvalue weighted by Crippen LogP contribution is -2.51. The van der Waals surface area contributed by atoms with E-state index >= 15 is 0 Å². The molecule has 1 aliphatic heterocycles. The second-order valence-electron chi connectivity index (χ2n) is 8.03. The van der Waals surface area contributed by atoms with Gasteiger partial charge < -0.3 is 24.2 Å². The number of carbonyl (C=O) groups excluding carboxylic acids is 2. The van der Waals surface area contributed by atoms with Crippen molar-refractivity contribution in [3.8, 4) is 5.75 Å². The molecule has 1 heterocycles. The van der Waals surface area contributed by atoms with Crippen molar-refractivity contribution >= 4 is 11.8 Å². The Hall–Kier alpha value is -2.97. The molecule has 2 aromatic carbocycles. The van der Waals surface area contributed by atoms with Gasteiger partial charge in [0, 0.05) is 43.9 Å². The highest BCUT2D eigenvalue weighted by Gasteiger charge is 2.28. The lowest BCUT2D eigenvalue weighted by molar-refractivity contribution is -0.0334. The highest BCUT2D eigenvalue weighted by molar-refractivity contribution is 5.95. The molecule has 0 aromatic heterocycles. The van der Waals surface area contributed by atoms with Gasteiger partial charge >= 0.3 is 0 Å². The van der Waals surface area contributed by atoms with Crippen molar-refractivity contribution in [3.63, 3.8) is 0 Å². The van der Waals surface area contributed by atoms with E-state index in [2.05, 4.69) is 0 Å². The average molecular weight is 444 g/mol. The summed E-state index contributed by atoms with van der Waals surface area (Å²) in [5.74, 6) is 0.0432. The molecule has 7 nitrogen and oxygen atoms in total. The highest BCUT2D eigenvalue weighted by atomic mass is 19.1. The van der Waals surface area contributed by atoms with E-state index in [1.165, 1.54) is 24.3 Å². The first-order chi connectivity index (χ1) is 15.4. The molecule has 1 atom stereocenters. The second kappa shape index (κ2) is 11.1. The highest BCUT2D eigenvalue weighted by Crippen LogP contribution is 2.16. The summed E-state index contributed by atoms with van der Waals surface area (Å²) in [6, 6.07) is 12.5. The summed E-state index contributed by atoms with van der Waals surface area (Å²) in [6.07, 6.45) is -0.308. The first-order valence-electron chi connectivity index (χ1n) is 10.6. The fourth-order valence-corrected chi connectivity index (χ4v) is 3.55. The maximum Gasteiger partial charge on any atom is 0.254 e. The topological polar surface area (TPSA) is 62.3 Å². The number of benzene rings is 2. The molecule has 0 saturated carbocycles. The van der Waals surface area contributed by atoms with Gasteiger partial charge in [0.2, 0.25) is 0 Å². The fourth-order valence-electron chi connectivity index (χ4n) is 3.55. The Bertz CT molecular complexity index is 902. The van der Waals surface area contributed by atoms with Crippen LogP contribution in [0.1, 0.15) is 20.7 Å². The number of hydrogen-bond acceptors (Lipinski definition) is 5. The van der Waals surface area contributed by atoms with Gasteiger partial charge in [-0.2, -0.15) is 0 Å². The minimum absolute atomic E-state index is 0.0781. The molecular weight excluding hydrogens is 413 g/mol. The van der Waals surface area contributed by atoms with E-state index < -0.39 is 0 Å². The Kier molecular flexibility index (Phi) is 8.19. The predicted octanol–water partition coefficient (Wildman–Crippen LogP) is 2.38. The molecule has 2 amide bonds. The summed E-state index contributed by atoms with van der Waals surface area (Å²) in [4.78, 5) is 31.5. The van der Waals surface area contributed by atoms with E-state index in [1.54, 1.807) is 41.2 Å². The van der Waals surface area contributed by atoms with E-state index in [0.717, 1.165) is 0 Å². The molecule has 8 heteroatoms. The Labute approximate surface area is 188 Å². The summed E-state index contributed by atoms with van der Waals surface area (Å²) in [5, 5.41) is 0. The number of amides is 2. The summed E-state index contributed by atoms with van der Waals surface area (Å²) in [6.45, 7) is 2.80. The van der Waals surface area contributed by atoms with E-state index in [9.17, 15) is 14.0 Å². The summed E-state index contributed by atoms with van der Waals surface area (Å²) in [5.41, 5.74) is 1.01. The maximum atomic E-state index is 13.3. The third-order valence-corrected chi connectivity index (χ3v) is 5.38. The molecule has 172 valence electrons. The van der Waals surface area contributed by atoms with Crippen molar-refractivity contribution in [1.82, 2.24) is 14.7 Å². The second-order valence-corrected chi connectivity index (χ2v) is 8.03. The lowest BCUT2D eigenvalue weighted by atomic mass is 10.1. The number of carbonyl (C=O) groups is 2. The van der Waals surface area contributed by atoms with Gasteiger partial charge in [0.15, 0.2) is 0 Å². The van der Waals surface area contributed by atoms with Crippen LogP contribution in [0.3, 0.4) is 0 Å². The lowest BCUT2D eigenvalue weighted by Gasteiger charge is -2.36. The average Bonchev–Trinajstić information content (AvgIpc) is 2.81. The number of nitrogens with zero attached hydrogens (tertiary/aromatic N) is 3. The monoisotopic (exact) mass is 443 g/mol. The van der Waals surface area contributed by atoms with Gasteiger partial charge in [-0.3, -0.25) is 9.59 Å². The fraction of sp³-hybridized carbons (Fsp3) is 0.417. The quantitative estimate of drug-likeness (QED) is 0.627. The third kappa shape index (κ3) is 6.27. The van der Waals surface area contributed by atoms with Gasteiger partial charge in [0.05, 0.1) is 19.8 Å². The van der Waals surface area contributed by atoms with Crippen LogP contribution >= 0.6 is 0 Å². The molecule has 1 aliphatic rings. The summed E-state index contributed by atoms with van der Waals surface area (Å²) in [7, 11) is 5.46. The Morgan fingerprint density at radius 1 is 1.06 bits per heavy atom. The first kappa shape index (κ1) is 23.7. The Morgan fingerprint density at radius 2 is 1.72 bits per heavy atom. The van der Waals surface area contributed by atoms with Crippen LogP contribution in [-0.2, 0) is 4.74 Å². The number of ether oxygens (including phenoxy) is 2. The molecule has 1 fully saturated rings. The largest absolute Gasteiger partial charge is 0.497 e. The number of hydrogen-bond donors (Lipinski definition) is 0. The van der Waals surface area contributed by atoms with Gasteiger partial charge in [-0.05, 0) is 62.6 Å². The number of morpholine rings is 1. The molecule has 0 radical (unpaired) electrons. The van der Waals surface area contributed by atoms with E-state index in [0.29, 0.717) is 56.2 Å². The minimum Gasteiger partial charge on any atom is -0.497 e. The molecule has 0 spiro atoms. The van der Waals surface area contributed by atoms with Crippen LogP contribution in [0.2, 0.25) is 0 Å². The molecule has 32 heavy (non-hydrogen) atoms. The van der Waals surface area contributed by atoms with E-state index in [1.807, 2.05) is 19.0 Å². The number of halogens is 1. The van der Waals surface area contributed by atoms with Crippen molar-refractivity contribution in [2.45, 2.75) is 6.10 Å². The van der Waals surface area contributed by atoms with Crippen LogP contribution in [0, 0.1) is 5.82 Å². The van der Waals surface area contributed by atoms with Gasteiger partial charge in [-0.15, -0.1) is 0 Å². The van der Waals surface area contributed by atoms with Crippen LogP contribution in [0.15, 0.2) is 48.5 Å². The molecular formula is C24H30FN3O4. The summed E-state index contributed by atoms with van der Waals surface area (Å²) >= 11 is 0. The summed E-state index contributed by atoms with van der Waals surface area (Å²) < 4.78 is 24.3. The smallest absolute Gasteiger partial charge is 0.254 e. The number of methoxy groups -OCH3 is 1. The molecule has 0 bridgehead atoms. The van der Waals surface area contributed by atoms with Crippen molar-refractivity contribution < 1.29 is 23.5 Å². The Balaban J connectivity index is 1.68. The van der Waals surface area contributed by atoms with Crippen LogP contribution in [0.5, 0.6) is 5.75 Å². The zero-order chi connectivity index (χ0) is 23.1. The first-order valence-corrected chi connectivity index (χ1v) is 10.6. The third-order valence-electron chi connectivity index (χ3n) is 5.38. The van der Waals surface area contributed by atoms with Crippen LogP contribution in [0.4, 0.5) is 4.39 Å². The molecule has 0 N–H and O–H groups in total. The zero-order valence-electron chi connectivity index (χ0n) is 18.8. The predicted molar refractivity (Wildman–Crippen MR) is 119 cm³/mol. The van der Waals surface area contributed by atoms with Crippen molar-refractivity contribution in [3.05, 3.63) is 65.5 Å². The van der Waals surface area contributed by atoms with Gasteiger partial charge in [-0.1, -0.05) is 0 Å². The molecule has 0 aliphatic carbocycles. The van der Waals surface area contributed by atoms with E-state index in [4.69, 9.17) is 9.47 Å². The van der Waals surface area contributed by atoms with Gasteiger partial charge in [0.1, 0.15) is 11.6 Å². The molecule has 2 aromatic rings. The number of likely N-dealkylation sites (N-methyl/N-ethyl adjacent to an activating group) is 1. The van der Waals surface area contributed by atoms with Crippen molar-refractivity contribution in [2.24, 2.45) is 0 Å². The Morgan fingerprint density at radius 3 is 2.34 bits per heavy atom. The molecule has 3 rings (SSSR count). The van der Waals surface area contributed by atoms with Crippen molar-refractivity contribution in [1.29, 1.82) is 0 Å².